The van der Waals surface area contributed by atoms with E-state index in [4.69, 9.17) is 5.73 Å². The Kier molecular flexibility index (Phi) is 4.19. The molecule has 104 valence electrons. The van der Waals surface area contributed by atoms with Crippen LogP contribution < -0.4 is 5.73 Å². The minimum absolute atomic E-state index is 0.451. The van der Waals surface area contributed by atoms with Crippen LogP contribution in [0.2, 0.25) is 0 Å². The molecule has 2 bridgehead atoms. The van der Waals surface area contributed by atoms with Gasteiger partial charge in [-0.15, -0.1) is 0 Å². The quantitative estimate of drug-likeness (QED) is 0.883. The van der Waals surface area contributed by atoms with Crippen LogP contribution in [0.3, 0.4) is 0 Å². The molecule has 1 aromatic rings. The molecule has 1 saturated heterocycles. The Morgan fingerprint density at radius 2 is 1.58 bits per heavy atom. The number of likely N-dealkylation sites (tertiary alicyclic amines) is 1. The van der Waals surface area contributed by atoms with Crippen LogP contribution in [-0.4, -0.2) is 24.0 Å². The summed E-state index contributed by atoms with van der Waals surface area (Å²) in [7, 11) is 0. The minimum atomic E-state index is 0.451. The lowest BCUT2D eigenvalue weighted by molar-refractivity contribution is 0.0765. The number of hydrogen-bond donors (Lipinski definition) is 1. The highest BCUT2D eigenvalue weighted by Crippen LogP contribution is 2.32. The van der Waals surface area contributed by atoms with Gasteiger partial charge in [0, 0.05) is 25.7 Å². The number of benzene rings is 1. The second-order valence-electron chi connectivity index (χ2n) is 6.42. The first-order valence-electron chi connectivity index (χ1n) is 7.85. The maximum Gasteiger partial charge on any atom is 0.0233 e. The zero-order chi connectivity index (χ0) is 13.1. The fourth-order valence-electron chi connectivity index (χ4n) is 3.89. The van der Waals surface area contributed by atoms with Gasteiger partial charge in [0.05, 0.1) is 0 Å². The lowest BCUT2D eigenvalue weighted by atomic mass is 9.77. The zero-order valence-electron chi connectivity index (χ0n) is 11.8. The van der Waals surface area contributed by atoms with Gasteiger partial charge in [0.25, 0.3) is 0 Å². The number of piperidine rings is 1. The highest BCUT2D eigenvalue weighted by Gasteiger charge is 2.34. The molecule has 0 amide bonds. The Balaban J connectivity index is 1.67. The number of rotatable bonds is 2. The van der Waals surface area contributed by atoms with Crippen molar-refractivity contribution in [3.05, 3.63) is 35.9 Å². The topological polar surface area (TPSA) is 29.3 Å². The highest BCUT2D eigenvalue weighted by atomic mass is 15.1. The van der Waals surface area contributed by atoms with Crippen LogP contribution in [0.5, 0.6) is 0 Å². The van der Waals surface area contributed by atoms with Crippen molar-refractivity contribution in [3.63, 3.8) is 0 Å². The molecule has 2 atom stereocenters. The molecule has 2 fully saturated rings. The molecule has 2 N–H and O–H groups in total. The van der Waals surface area contributed by atoms with E-state index in [2.05, 4.69) is 35.2 Å². The predicted molar refractivity (Wildman–Crippen MR) is 79.8 cm³/mol. The van der Waals surface area contributed by atoms with Crippen molar-refractivity contribution in [2.45, 2.75) is 44.7 Å². The molecular formula is C17H26N2. The summed E-state index contributed by atoms with van der Waals surface area (Å²) in [6.45, 7) is 3.50. The van der Waals surface area contributed by atoms with E-state index in [1.807, 2.05) is 0 Å². The maximum absolute atomic E-state index is 6.48. The molecule has 2 nitrogen and oxygen atoms in total. The minimum Gasteiger partial charge on any atom is -0.327 e. The standard InChI is InChI=1S/C17H26N2/c18-17-15-9-5-2-6-10-16(17)13-19(12-15)11-14-7-3-1-4-8-14/h1,3-4,7-8,15-17H,2,5-6,9-13,18H2/t15-,16-/m1/s1. The van der Waals surface area contributed by atoms with Gasteiger partial charge in [0.15, 0.2) is 0 Å². The average Bonchev–Trinajstić information content (AvgIpc) is 2.43. The van der Waals surface area contributed by atoms with Crippen molar-refractivity contribution in [1.82, 2.24) is 4.90 Å². The van der Waals surface area contributed by atoms with Crippen LogP contribution in [0.25, 0.3) is 0 Å². The van der Waals surface area contributed by atoms with Crippen LogP contribution in [0, 0.1) is 11.8 Å². The molecule has 2 aliphatic rings. The number of nitrogens with zero attached hydrogens (tertiary/aromatic N) is 1. The van der Waals surface area contributed by atoms with E-state index >= 15 is 0 Å². The van der Waals surface area contributed by atoms with E-state index in [1.54, 1.807) is 0 Å². The smallest absolute Gasteiger partial charge is 0.0233 e. The van der Waals surface area contributed by atoms with E-state index in [0.29, 0.717) is 6.04 Å². The third-order valence-corrected chi connectivity index (χ3v) is 4.97. The maximum atomic E-state index is 6.48. The van der Waals surface area contributed by atoms with Crippen LogP contribution in [-0.2, 0) is 6.54 Å². The van der Waals surface area contributed by atoms with Gasteiger partial charge in [-0.05, 0) is 30.2 Å². The second kappa shape index (κ2) is 6.06. The van der Waals surface area contributed by atoms with Crippen LogP contribution in [0.4, 0.5) is 0 Å². The van der Waals surface area contributed by atoms with E-state index in [0.717, 1.165) is 18.4 Å². The van der Waals surface area contributed by atoms with E-state index in [-0.39, 0.29) is 0 Å². The largest absolute Gasteiger partial charge is 0.327 e. The van der Waals surface area contributed by atoms with E-state index in [1.165, 1.54) is 50.8 Å². The van der Waals surface area contributed by atoms with Crippen molar-refractivity contribution in [2.75, 3.05) is 13.1 Å². The van der Waals surface area contributed by atoms with Gasteiger partial charge in [-0.1, -0.05) is 49.6 Å². The molecule has 0 unspecified atom stereocenters. The van der Waals surface area contributed by atoms with Crippen molar-refractivity contribution in [1.29, 1.82) is 0 Å². The monoisotopic (exact) mass is 258 g/mol. The molecule has 1 aliphatic heterocycles. The summed E-state index contributed by atoms with van der Waals surface area (Å²) < 4.78 is 0. The number of fused-ring (bicyclic) bond motifs is 2. The first-order valence-corrected chi connectivity index (χ1v) is 7.85. The molecule has 0 radical (unpaired) electrons. The second-order valence-corrected chi connectivity index (χ2v) is 6.42. The Morgan fingerprint density at radius 3 is 2.21 bits per heavy atom. The van der Waals surface area contributed by atoms with Gasteiger partial charge in [0.2, 0.25) is 0 Å². The molecule has 19 heavy (non-hydrogen) atoms. The third kappa shape index (κ3) is 3.18. The van der Waals surface area contributed by atoms with Gasteiger partial charge < -0.3 is 5.73 Å². The first kappa shape index (κ1) is 13.1. The van der Waals surface area contributed by atoms with E-state index in [9.17, 15) is 0 Å². The molecule has 1 aliphatic carbocycles. The molecule has 0 aromatic heterocycles. The molecule has 1 aromatic carbocycles. The van der Waals surface area contributed by atoms with Gasteiger partial charge in [0.1, 0.15) is 0 Å². The summed E-state index contributed by atoms with van der Waals surface area (Å²) in [5.74, 6) is 1.45. The fourth-order valence-corrected chi connectivity index (χ4v) is 3.89. The predicted octanol–water partition coefficient (Wildman–Crippen LogP) is 3.03. The fraction of sp³-hybridized carbons (Fsp3) is 0.647. The molecule has 2 heteroatoms. The summed E-state index contributed by atoms with van der Waals surface area (Å²) in [5, 5.41) is 0. The Morgan fingerprint density at radius 1 is 0.947 bits per heavy atom. The van der Waals surface area contributed by atoms with Gasteiger partial charge in [-0.2, -0.15) is 0 Å². The number of hydrogen-bond acceptors (Lipinski definition) is 2. The summed E-state index contributed by atoms with van der Waals surface area (Å²) in [6.07, 6.45) is 6.85. The van der Waals surface area contributed by atoms with Crippen molar-refractivity contribution in [3.8, 4) is 0 Å². The van der Waals surface area contributed by atoms with Gasteiger partial charge >= 0.3 is 0 Å². The SMILES string of the molecule is NC1[C@@H]2CCCCC[C@@H]1CN(Cc1ccccc1)C2. The van der Waals surface area contributed by atoms with Crippen LogP contribution >= 0.6 is 0 Å². The average molecular weight is 258 g/mol. The Labute approximate surface area is 117 Å². The van der Waals surface area contributed by atoms with Crippen LogP contribution in [0.15, 0.2) is 30.3 Å². The van der Waals surface area contributed by atoms with Crippen molar-refractivity contribution >= 4 is 0 Å². The highest BCUT2D eigenvalue weighted by molar-refractivity contribution is 5.14. The molecular weight excluding hydrogens is 232 g/mol. The van der Waals surface area contributed by atoms with Crippen LogP contribution in [0.1, 0.15) is 37.7 Å². The summed E-state index contributed by atoms with van der Waals surface area (Å²) in [6, 6.07) is 11.3. The third-order valence-electron chi connectivity index (χ3n) is 4.97. The summed E-state index contributed by atoms with van der Waals surface area (Å²) >= 11 is 0. The Hall–Kier alpha value is -0.860. The number of nitrogens with two attached hydrogens (primary N) is 1. The summed E-state index contributed by atoms with van der Waals surface area (Å²) in [4.78, 5) is 2.64. The van der Waals surface area contributed by atoms with Crippen molar-refractivity contribution < 1.29 is 0 Å². The lowest BCUT2D eigenvalue weighted by Gasteiger charge is -2.44. The molecule has 1 saturated carbocycles. The van der Waals surface area contributed by atoms with Gasteiger partial charge in [-0.25, -0.2) is 0 Å². The molecule has 1 heterocycles. The summed E-state index contributed by atoms with van der Waals surface area (Å²) in [5.41, 5.74) is 7.92. The molecule has 3 rings (SSSR count). The first-order chi connectivity index (χ1) is 9.33. The normalized spacial score (nSPS) is 32.6. The Bertz CT molecular complexity index is 374. The molecule has 0 spiro atoms. The van der Waals surface area contributed by atoms with Gasteiger partial charge in [-0.3, -0.25) is 4.90 Å². The lowest BCUT2D eigenvalue weighted by Crippen LogP contribution is -2.53. The van der Waals surface area contributed by atoms with E-state index < -0.39 is 0 Å². The van der Waals surface area contributed by atoms with Crippen molar-refractivity contribution in [2.24, 2.45) is 17.6 Å². The zero-order valence-corrected chi connectivity index (χ0v) is 11.8.